The van der Waals surface area contributed by atoms with Crippen LogP contribution < -0.4 is 4.74 Å². The van der Waals surface area contributed by atoms with Gasteiger partial charge < -0.3 is 4.74 Å². The molecule has 0 spiro atoms. The van der Waals surface area contributed by atoms with Gasteiger partial charge in [-0.05, 0) is 55.2 Å². The quantitative estimate of drug-likeness (QED) is 0.623. The molecule has 2 aromatic carbocycles. The zero-order valence-corrected chi connectivity index (χ0v) is 14.6. The molecular weight excluding hydrogens is 355 g/mol. The van der Waals surface area contributed by atoms with Gasteiger partial charge in [-0.25, -0.2) is 4.39 Å². The van der Waals surface area contributed by atoms with Crippen LogP contribution in [-0.2, 0) is 6.42 Å². The first-order chi connectivity index (χ1) is 9.93. The number of halogens is 3. The minimum Gasteiger partial charge on any atom is -0.496 e. The maximum Gasteiger partial charge on any atom is 0.126 e. The Morgan fingerprint density at radius 2 is 2.00 bits per heavy atom. The second-order valence-corrected chi connectivity index (χ2v) is 6.43. The average Bonchev–Trinajstić information content (AvgIpc) is 2.42. The molecule has 0 saturated heterocycles. The number of alkyl halides is 1. The summed E-state index contributed by atoms with van der Waals surface area (Å²) in [5, 5.41) is -0.280. The molecule has 1 nitrogen and oxygen atoms in total. The van der Waals surface area contributed by atoms with Gasteiger partial charge in [-0.15, -0.1) is 11.6 Å². The van der Waals surface area contributed by atoms with E-state index in [1.165, 1.54) is 12.1 Å². The molecule has 0 aliphatic heterocycles. The molecular formula is C17H17BrClFO. The fraction of sp³-hybridized carbons (Fsp3) is 0.294. The van der Waals surface area contributed by atoms with Gasteiger partial charge in [0, 0.05) is 10.0 Å². The molecule has 112 valence electrons. The summed E-state index contributed by atoms with van der Waals surface area (Å²) in [6.45, 7) is 3.99. The van der Waals surface area contributed by atoms with Crippen molar-refractivity contribution in [3.63, 3.8) is 0 Å². The monoisotopic (exact) mass is 370 g/mol. The first-order valence-electron chi connectivity index (χ1n) is 6.66. The summed E-state index contributed by atoms with van der Waals surface area (Å²) in [5.74, 6) is 0.553. The first-order valence-corrected chi connectivity index (χ1v) is 7.89. The van der Waals surface area contributed by atoms with E-state index in [9.17, 15) is 4.39 Å². The molecule has 4 heteroatoms. The number of methoxy groups -OCH3 is 1. The van der Waals surface area contributed by atoms with Gasteiger partial charge in [0.1, 0.15) is 11.6 Å². The second kappa shape index (κ2) is 6.80. The summed E-state index contributed by atoms with van der Waals surface area (Å²) in [4.78, 5) is 0. The third kappa shape index (κ3) is 3.58. The largest absolute Gasteiger partial charge is 0.496 e. The Morgan fingerprint density at radius 1 is 1.29 bits per heavy atom. The van der Waals surface area contributed by atoms with E-state index < -0.39 is 0 Å². The Morgan fingerprint density at radius 3 is 2.62 bits per heavy atom. The maximum absolute atomic E-state index is 13.3. The highest BCUT2D eigenvalue weighted by Crippen LogP contribution is 2.40. The van der Waals surface area contributed by atoms with Crippen LogP contribution in [0.25, 0.3) is 0 Å². The van der Waals surface area contributed by atoms with E-state index in [1.54, 1.807) is 13.2 Å². The summed E-state index contributed by atoms with van der Waals surface area (Å²) >= 11 is 10.2. The van der Waals surface area contributed by atoms with Crippen molar-refractivity contribution in [3.8, 4) is 5.75 Å². The maximum atomic E-state index is 13.3. The molecule has 2 aromatic rings. The smallest absolute Gasteiger partial charge is 0.126 e. The highest BCUT2D eigenvalue weighted by molar-refractivity contribution is 9.10. The van der Waals surface area contributed by atoms with Crippen molar-refractivity contribution in [2.24, 2.45) is 0 Å². The van der Waals surface area contributed by atoms with Crippen LogP contribution in [0.4, 0.5) is 4.39 Å². The van der Waals surface area contributed by atoms with Crippen LogP contribution in [0.1, 0.15) is 27.6 Å². The third-order valence-corrected chi connectivity index (χ3v) is 4.73. The lowest BCUT2D eigenvalue weighted by Crippen LogP contribution is -2.04. The topological polar surface area (TPSA) is 9.23 Å². The van der Waals surface area contributed by atoms with E-state index in [4.69, 9.17) is 16.3 Å². The van der Waals surface area contributed by atoms with Crippen molar-refractivity contribution in [2.45, 2.75) is 25.6 Å². The molecule has 0 aliphatic rings. The Bertz CT molecular complexity index is 657. The van der Waals surface area contributed by atoms with Gasteiger partial charge in [0.15, 0.2) is 0 Å². The van der Waals surface area contributed by atoms with Crippen LogP contribution >= 0.6 is 27.5 Å². The van der Waals surface area contributed by atoms with E-state index in [1.807, 2.05) is 26.0 Å². The molecule has 21 heavy (non-hydrogen) atoms. The fourth-order valence-electron chi connectivity index (χ4n) is 2.50. The molecule has 0 bridgehead atoms. The Labute approximate surface area is 138 Å². The molecule has 1 atom stereocenters. The van der Waals surface area contributed by atoms with E-state index in [-0.39, 0.29) is 11.2 Å². The number of rotatable bonds is 4. The molecule has 1 unspecified atom stereocenters. The van der Waals surface area contributed by atoms with Gasteiger partial charge in [0.2, 0.25) is 0 Å². The Hall–Kier alpha value is -1.06. The summed E-state index contributed by atoms with van der Waals surface area (Å²) in [7, 11) is 1.64. The normalized spacial score (nSPS) is 12.3. The molecule has 0 radical (unpaired) electrons. The van der Waals surface area contributed by atoms with Crippen molar-refractivity contribution in [3.05, 3.63) is 62.9 Å². The molecule has 0 fully saturated rings. The summed E-state index contributed by atoms with van der Waals surface area (Å²) in [6.07, 6.45) is 0.548. The number of hydrogen-bond donors (Lipinski definition) is 0. The minimum absolute atomic E-state index is 0.245. The van der Waals surface area contributed by atoms with E-state index in [2.05, 4.69) is 15.9 Å². The van der Waals surface area contributed by atoms with Gasteiger partial charge in [0.25, 0.3) is 0 Å². The minimum atomic E-state index is -0.280. The zero-order chi connectivity index (χ0) is 15.6. The number of ether oxygens (including phenoxy) is 1. The van der Waals surface area contributed by atoms with Crippen molar-refractivity contribution in [1.29, 1.82) is 0 Å². The molecule has 0 saturated carbocycles. The van der Waals surface area contributed by atoms with Gasteiger partial charge in [-0.2, -0.15) is 0 Å². The van der Waals surface area contributed by atoms with Gasteiger partial charge in [-0.3, -0.25) is 0 Å². The van der Waals surface area contributed by atoms with Crippen LogP contribution in [0.5, 0.6) is 5.75 Å². The molecule has 0 amide bonds. The molecule has 0 aromatic heterocycles. The van der Waals surface area contributed by atoms with Crippen molar-refractivity contribution >= 4 is 27.5 Å². The molecule has 0 N–H and O–H groups in total. The summed E-state index contributed by atoms with van der Waals surface area (Å²) < 4.78 is 19.8. The standard InChI is InChI=1S/C17H17BrClFO/c1-10-7-14(18)11(2)16(17(10)21-3)15(19)9-12-5-4-6-13(20)8-12/h4-8,15H,9H2,1-3H3. The Balaban J connectivity index is 2.41. The van der Waals surface area contributed by atoms with Gasteiger partial charge in [0.05, 0.1) is 12.5 Å². The van der Waals surface area contributed by atoms with Gasteiger partial charge >= 0.3 is 0 Å². The van der Waals surface area contributed by atoms with Crippen LogP contribution in [0.2, 0.25) is 0 Å². The highest BCUT2D eigenvalue weighted by atomic mass is 79.9. The van der Waals surface area contributed by atoms with E-state index >= 15 is 0 Å². The predicted octanol–water partition coefficient (Wildman–Crippen LogP) is 5.74. The lowest BCUT2D eigenvalue weighted by atomic mass is 9.96. The number of benzene rings is 2. The van der Waals surface area contributed by atoms with Crippen LogP contribution in [0, 0.1) is 19.7 Å². The third-order valence-electron chi connectivity index (χ3n) is 3.53. The van der Waals surface area contributed by atoms with E-state index in [0.29, 0.717) is 6.42 Å². The second-order valence-electron chi connectivity index (χ2n) is 5.05. The predicted molar refractivity (Wildman–Crippen MR) is 88.9 cm³/mol. The van der Waals surface area contributed by atoms with E-state index in [0.717, 1.165) is 32.5 Å². The first kappa shape index (κ1) is 16.3. The highest BCUT2D eigenvalue weighted by Gasteiger charge is 2.20. The molecule has 2 rings (SSSR count). The van der Waals surface area contributed by atoms with Crippen molar-refractivity contribution in [1.82, 2.24) is 0 Å². The van der Waals surface area contributed by atoms with Crippen molar-refractivity contribution in [2.75, 3.05) is 7.11 Å². The SMILES string of the molecule is COc1c(C)cc(Br)c(C)c1C(Cl)Cc1cccc(F)c1. The van der Waals surface area contributed by atoms with Crippen LogP contribution in [-0.4, -0.2) is 7.11 Å². The van der Waals surface area contributed by atoms with Gasteiger partial charge in [-0.1, -0.05) is 28.1 Å². The molecule has 0 aliphatic carbocycles. The lowest BCUT2D eigenvalue weighted by molar-refractivity contribution is 0.405. The lowest BCUT2D eigenvalue weighted by Gasteiger charge is -2.20. The fourth-order valence-corrected chi connectivity index (χ4v) is 3.49. The number of hydrogen-bond acceptors (Lipinski definition) is 1. The number of aryl methyl sites for hydroxylation is 1. The average molecular weight is 372 g/mol. The van der Waals surface area contributed by atoms with Crippen LogP contribution in [0.3, 0.4) is 0 Å². The van der Waals surface area contributed by atoms with Crippen LogP contribution in [0.15, 0.2) is 34.8 Å². The molecule has 0 heterocycles. The van der Waals surface area contributed by atoms with Crippen molar-refractivity contribution < 1.29 is 9.13 Å². The zero-order valence-electron chi connectivity index (χ0n) is 12.2. The summed E-state index contributed by atoms with van der Waals surface area (Å²) in [5.41, 5.74) is 3.90. The summed E-state index contributed by atoms with van der Waals surface area (Å²) in [6, 6.07) is 8.54. The Kier molecular flexibility index (Phi) is 5.28.